The molecule has 3 N–H and O–H groups in total. The van der Waals surface area contributed by atoms with Crippen LogP contribution in [0.4, 0.5) is 19.1 Å². The first-order chi connectivity index (χ1) is 12.6. The molecule has 7 nitrogen and oxygen atoms in total. The molecule has 0 bridgehead atoms. The number of aliphatic hydroxyl groups is 1. The summed E-state index contributed by atoms with van der Waals surface area (Å²) in [6, 6.07) is 0.119. The molecule has 1 fully saturated rings. The van der Waals surface area contributed by atoms with E-state index in [2.05, 4.69) is 25.7 Å². The third kappa shape index (κ3) is 5.16. The summed E-state index contributed by atoms with van der Waals surface area (Å²) in [5.41, 5.74) is -1.96. The van der Waals surface area contributed by atoms with Gasteiger partial charge in [-0.25, -0.2) is 9.97 Å². The number of anilines is 1. The van der Waals surface area contributed by atoms with Crippen LogP contribution in [0.3, 0.4) is 0 Å². The van der Waals surface area contributed by atoms with Crippen molar-refractivity contribution < 1.29 is 18.3 Å². The number of piperidine rings is 1. The third-order valence-corrected chi connectivity index (χ3v) is 4.22. The van der Waals surface area contributed by atoms with E-state index < -0.39 is 17.3 Å². The highest BCUT2D eigenvalue weighted by Gasteiger charge is 2.36. The van der Waals surface area contributed by atoms with E-state index in [0.29, 0.717) is 0 Å². The van der Waals surface area contributed by atoms with Crippen LogP contribution in [0.1, 0.15) is 32.3 Å². The van der Waals surface area contributed by atoms with Gasteiger partial charge in [-0.2, -0.15) is 18.3 Å². The van der Waals surface area contributed by atoms with Crippen LogP contribution in [-0.4, -0.2) is 49.6 Å². The number of rotatable bonds is 5. The predicted octanol–water partition coefficient (Wildman–Crippen LogP) is 2.29. The zero-order valence-corrected chi connectivity index (χ0v) is 15.2. The van der Waals surface area contributed by atoms with Crippen LogP contribution in [0.15, 0.2) is 18.6 Å². The molecule has 0 saturated carbocycles. The topological polar surface area (TPSA) is 87.9 Å². The molecule has 0 atom stereocenters. The zero-order chi connectivity index (χ0) is 19.7. The molecule has 3 heterocycles. The maximum absolute atomic E-state index is 13.4. The van der Waals surface area contributed by atoms with Gasteiger partial charge in [-0.3, -0.25) is 4.68 Å². The molecule has 1 aliphatic heterocycles. The molecule has 1 aliphatic rings. The van der Waals surface area contributed by atoms with Gasteiger partial charge in [0.15, 0.2) is 0 Å². The van der Waals surface area contributed by atoms with Crippen LogP contribution >= 0.6 is 0 Å². The maximum Gasteiger partial charge on any atom is 0.419 e. The monoisotopic (exact) mass is 384 g/mol. The standard InChI is InChI=1S/C17H23F3N6O/c1-16(2,27)10-26-9-11(7-23-26)14-13(17(18,19)20)8-22-15(25-14)24-12-3-5-21-6-4-12/h7-9,12,21,27H,3-6,10H2,1-2H3,(H,22,24,25). The average molecular weight is 384 g/mol. The Morgan fingerprint density at radius 3 is 2.59 bits per heavy atom. The SMILES string of the molecule is CC(C)(O)Cn1cc(-c2nc(NC3CCNCC3)ncc2C(F)(F)F)cn1. The molecule has 3 rings (SSSR count). The van der Waals surface area contributed by atoms with Crippen LogP contribution in [-0.2, 0) is 12.7 Å². The fourth-order valence-electron chi connectivity index (χ4n) is 3.00. The van der Waals surface area contributed by atoms with E-state index in [1.165, 1.54) is 17.1 Å². The van der Waals surface area contributed by atoms with Crippen molar-refractivity contribution >= 4 is 5.95 Å². The van der Waals surface area contributed by atoms with Gasteiger partial charge in [-0.1, -0.05) is 0 Å². The molecule has 0 unspecified atom stereocenters. The first kappa shape index (κ1) is 19.6. The molecule has 10 heteroatoms. The van der Waals surface area contributed by atoms with Gasteiger partial charge < -0.3 is 15.7 Å². The van der Waals surface area contributed by atoms with Gasteiger partial charge in [0.05, 0.1) is 24.0 Å². The fraction of sp³-hybridized carbons (Fsp3) is 0.588. The van der Waals surface area contributed by atoms with Gasteiger partial charge >= 0.3 is 6.18 Å². The van der Waals surface area contributed by atoms with Gasteiger partial charge in [0.1, 0.15) is 5.56 Å². The number of nitrogens with zero attached hydrogens (tertiary/aromatic N) is 4. The van der Waals surface area contributed by atoms with Gasteiger partial charge in [0, 0.05) is 24.0 Å². The molecule has 0 radical (unpaired) electrons. The normalized spacial score (nSPS) is 16.5. The highest BCUT2D eigenvalue weighted by atomic mass is 19.4. The Labute approximate surface area is 155 Å². The number of hydrogen-bond donors (Lipinski definition) is 3. The van der Waals surface area contributed by atoms with Crippen molar-refractivity contribution in [3.05, 3.63) is 24.2 Å². The van der Waals surface area contributed by atoms with E-state index in [9.17, 15) is 18.3 Å². The van der Waals surface area contributed by atoms with Crippen molar-refractivity contribution in [3.63, 3.8) is 0 Å². The van der Waals surface area contributed by atoms with Crippen LogP contribution in [0.5, 0.6) is 0 Å². The number of nitrogens with one attached hydrogen (secondary N) is 2. The number of halogens is 3. The first-order valence-corrected chi connectivity index (χ1v) is 8.78. The van der Waals surface area contributed by atoms with Gasteiger partial charge in [-0.05, 0) is 39.8 Å². The summed E-state index contributed by atoms with van der Waals surface area (Å²) in [5, 5.41) is 20.3. The Bertz CT molecular complexity index is 778. The lowest BCUT2D eigenvalue weighted by molar-refractivity contribution is -0.137. The van der Waals surface area contributed by atoms with E-state index >= 15 is 0 Å². The minimum atomic E-state index is -4.58. The van der Waals surface area contributed by atoms with Crippen LogP contribution in [0.25, 0.3) is 11.3 Å². The average Bonchev–Trinajstić information content (AvgIpc) is 3.01. The Balaban J connectivity index is 1.92. The summed E-state index contributed by atoms with van der Waals surface area (Å²) in [5.74, 6) is 0.167. The van der Waals surface area contributed by atoms with Crippen molar-refractivity contribution in [2.75, 3.05) is 18.4 Å². The number of alkyl halides is 3. The van der Waals surface area contributed by atoms with Gasteiger partial charge in [0.2, 0.25) is 5.95 Å². The first-order valence-electron chi connectivity index (χ1n) is 8.78. The lowest BCUT2D eigenvalue weighted by Crippen LogP contribution is -2.35. The summed E-state index contributed by atoms with van der Waals surface area (Å²) < 4.78 is 41.7. The molecular weight excluding hydrogens is 361 g/mol. The van der Waals surface area contributed by atoms with Gasteiger partial charge in [0.25, 0.3) is 0 Å². The highest BCUT2D eigenvalue weighted by Crippen LogP contribution is 2.36. The minimum absolute atomic E-state index is 0.119. The molecule has 0 aliphatic carbocycles. The van der Waals surface area contributed by atoms with Crippen LogP contribution < -0.4 is 10.6 Å². The Hall–Kier alpha value is -2.20. The van der Waals surface area contributed by atoms with E-state index in [0.717, 1.165) is 32.1 Å². The minimum Gasteiger partial charge on any atom is -0.389 e. The molecule has 148 valence electrons. The maximum atomic E-state index is 13.4. The molecule has 0 aromatic carbocycles. The Kier molecular flexibility index (Phi) is 5.38. The zero-order valence-electron chi connectivity index (χ0n) is 15.2. The summed E-state index contributed by atoms with van der Waals surface area (Å²) in [6.45, 7) is 5.03. The quantitative estimate of drug-likeness (QED) is 0.733. The molecule has 2 aromatic rings. The smallest absolute Gasteiger partial charge is 0.389 e. The summed E-state index contributed by atoms with van der Waals surface area (Å²) in [4.78, 5) is 8.00. The van der Waals surface area contributed by atoms with Crippen LogP contribution in [0, 0.1) is 0 Å². The second-order valence-corrected chi connectivity index (χ2v) is 7.36. The number of hydrogen-bond acceptors (Lipinski definition) is 6. The highest BCUT2D eigenvalue weighted by molar-refractivity contribution is 5.63. The van der Waals surface area contributed by atoms with Crippen LogP contribution in [0.2, 0.25) is 0 Å². The Morgan fingerprint density at radius 2 is 1.96 bits per heavy atom. The predicted molar refractivity (Wildman–Crippen MR) is 94.1 cm³/mol. The van der Waals surface area contributed by atoms with Gasteiger partial charge in [-0.15, -0.1) is 0 Å². The van der Waals surface area contributed by atoms with Crippen molar-refractivity contribution in [2.45, 2.75) is 51.1 Å². The largest absolute Gasteiger partial charge is 0.419 e. The van der Waals surface area contributed by atoms with Crippen molar-refractivity contribution in [1.29, 1.82) is 0 Å². The second kappa shape index (κ2) is 7.43. The van der Waals surface area contributed by atoms with E-state index in [-0.39, 0.29) is 29.8 Å². The third-order valence-electron chi connectivity index (χ3n) is 4.22. The lowest BCUT2D eigenvalue weighted by Gasteiger charge is -2.24. The lowest BCUT2D eigenvalue weighted by atomic mass is 10.1. The number of aromatic nitrogens is 4. The summed E-state index contributed by atoms with van der Waals surface area (Å²) in [6.07, 6.45) is 0.688. The molecule has 0 amide bonds. The van der Waals surface area contributed by atoms with E-state index in [4.69, 9.17) is 0 Å². The Morgan fingerprint density at radius 1 is 1.26 bits per heavy atom. The van der Waals surface area contributed by atoms with Crippen molar-refractivity contribution in [1.82, 2.24) is 25.1 Å². The summed E-state index contributed by atoms with van der Waals surface area (Å²) in [7, 11) is 0. The molecular formula is C17H23F3N6O. The fourth-order valence-corrected chi connectivity index (χ4v) is 3.00. The molecule has 0 spiro atoms. The van der Waals surface area contributed by atoms with Crippen molar-refractivity contribution in [2.24, 2.45) is 0 Å². The molecule has 27 heavy (non-hydrogen) atoms. The van der Waals surface area contributed by atoms with Crippen molar-refractivity contribution in [3.8, 4) is 11.3 Å². The van der Waals surface area contributed by atoms with E-state index in [1.807, 2.05) is 0 Å². The molecule has 1 saturated heterocycles. The van der Waals surface area contributed by atoms with E-state index in [1.54, 1.807) is 13.8 Å². The molecule has 2 aromatic heterocycles. The second-order valence-electron chi connectivity index (χ2n) is 7.36. The summed E-state index contributed by atoms with van der Waals surface area (Å²) >= 11 is 0.